The molecule has 1 heterocycles. The summed E-state index contributed by atoms with van der Waals surface area (Å²) in [6.45, 7) is 0.751. The monoisotopic (exact) mass is 201 g/mol. The zero-order chi connectivity index (χ0) is 10.5. The van der Waals surface area contributed by atoms with Crippen molar-refractivity contribution in [1.82, 2.24) is 9.97 Å². The largest absolute Gasteiger partial charge is 0.330 e. The number of para-hydroxylation sites is 2. The van der Waals surface area contributed by atoms with Crippen molar-refractivity contribution in [3.8, 4) is 0 Å². The van der Waals surface area contributed by atoms with E-state index in [2.05, 4.69) is 9.97 Å². The van der Waals surface area contributed by atoms with E-state index in [1.54, 1.807) is 0 Å². The molecule has 0 aliphatic rings. The third-order valence-electron chi connectivity index (χ3n) is 2.39. The summed E-state index contributed by atoms with van der Waals surface area (Å²) in [5, 5.41) is 0. The van der Waals surface area contributed by atoms with Gasteiger partial charge in [0.05, 0.1) is 16.7 Å². The number of nitrogens with two attached hydrogens (primary N) is 1. The lowest BCUT2D eigenvalue weighted by molar-refractivity contribution is 0.732. The van der Waals surface area contributed by atoms with Crippen molar-refractivity contribution in [3.05, 3.63) is 36.2 Å². The maximum atomic E-state index is 5.45. The number of fused-ring (bicyclic) bond motifs is 1. The van der Waals surface area contributed by atoms with E-state index in [9.17, 15) is 0 Å². The van der Waals surface area contributed by atoms with Crippen molar-refractivity contribution in [2.45, 2.75) is 19.3 Å². The summed E-state index contributed by atoms with van der Waals surface area (Å²) in [6, 6.07) is 7.94. The van der Waals surface area contributed by atoms with Gasteiger partial charge in [0.15, 0.2) is 0 Å². The first-order valence-electron chi connectivity index (χ1n) is 5.31. The van der Waals surface area contributed by atoms with Crippen LogP contribution in [0.5, 0.6) is 0 Å². The first kappa shape index (κ1) is 10.1. The van der Waals surface area contributed by atoms with Crippen LogP contribution in [0.2, 0.25) is 0 Å². The molecular weight excluding hydrogens is 186 g/mol. The fraction of sp³-hybridized carbons (Fsp3) is 0.333. The van der Waals surface area contributed by atoms with Crippen LogP contribution in [0.1, 0.15) is 18.5 Å². The lowest BCUT2D eigenvalue weighted by Gasteiger charge is -2.01. The molecule has 0 saturated carbocycles. The number of hydrogen-bond donors (Lipinski definition) is 1. The van der Waals surface area contributed by atoms with Gasteiger partial charge in [0.1, 0.15) is 0 Å². The van der Waals surface area contributed by atoms with Gasteiger partial charge >= 0.3 is 0 Å². The second kappa shape index (κ2) is 4.84. The number of aryl methyl sites for hydroxylation is 1. The van der Waals surface area contributed by atoms with Crippen LogP contribution in [0.15, 0.2) is 30.5 Å². The summed E-state index contributed by atoms with van der Waals surface area (Å²) in [5.41, 5.74) is 8.44. The van der Waals surface area contributed by atoms with Crippen LogP contribution in [0.4, 0.5) is 0 Å². The van der Waals surface area contributed by atoms with E-state index in [4.69, 9.17) is 5.73 Å². The lowest BCUT2D eigenvalue weighted by Crippen LogP contribution is -2.00. The Labute approximate surface area is 89.4 Å². The Hall–Kier alpha value is -1.48. The minimum Gasteiger partial charge on any atom is -0.330 e. The van der Waals surface area contributed by atoms with Gasteiger partial charge in [-0.3, -0.25) is 4.98 Å². The molecule has 0 fully saturated rings. The van der Waals surface area contributed by atoms with E-state index in [-0.39, 0.29) is 0 Å². The van der Waals surface area contributed by atoms with Crippen molar-refractivity contribution in [3.63, 3.8) is 0 Å². The SMILES string of the molecule is NCCCCc1cnc2ccccc2n1. The molecule has 0 unspecified atom stereocenters. The van der Waals surface area contributed by atoms with Crippen molar-refractivity contribution in [2.24, 2.45) is 5.73 Å². The molecule has 0 aliphatic carbocycles. The normalized spacial score (nSPS) is 10.7. The fourth-order valence-corrected chi connectivity index (χ4v) is 1.57. The van der Waals surface area contributed by atoms with E-state index in [1.807, 2.05) is 30.5 Å². The zero-order valence-electron chi connectivity index (χ0n) is 8.69. The van der Waals surface area contributed by atoms with Crippen LogP contribution < -0.4 is 5.73 Å². The first-order chi connectivity index (χ1) is 7.40. The highest BCUT2D eigenvalue weighted by Crippen LogP contribution is 2.09. The van der Waals surface area contributed by atoms with Gasteiger partial charge in [-0.2, -0.15) is 0 Å². The van der Waals surface area contributed by atoms with Gasteiger partial charge in [-0.05, 0) is 37.9 Å². The average molecular weight is 201 g/mol. The maximum absolute atomic E-state index is 5.45. The van der Waals surface area contributed by atoms with Crippen LogP contribution >= 0.6 is 0 Å². The Morgan fingerprint density at radius 2 is 1.87 bits per heavy atom. The Kier molecular flexibility index (Phi) is 3.25. The smallest absolute Gasteiger partial charge is 0.0890 e. The van der Waals surface area contributed by atoms with E-state index in [1.165, 1.54) is 0 Å². The number of benzene rings is 1. The molecule has 3 heteroatoms. The van der Waals surface area contributed by atoms with Gasteiger partial charge in [0.2, 0.25) is 0 Å². The predicted octanol–water partition coefficient (Wildman–Crippen LogP) is 1.91. The molecule has 2 N–H and O–H groups in total. The summed E-state index contributed by atoms with van der Waals surface area (Å²) in [7, 11) is 0. The van der Waals surface area contributed by atoms with Crippen molar-refractivity contribution >= 4 is 11.0 Å². The van der Waals surface area contributed by atoms with Crippen LogP contribution in [0, 0.1) is 0 Å². The van der Waals surface area contributed by atoms with Crippen LogP contribution in [-0.4, -0.2) is 16.5 Å². The second-order valence-electron chi connectivity index (χ2n) is 3.60. The lowest BCUT2D eigenvalue weighted by atomic mass is 10.2. The number of hydrogen-bond acceptors (Lipinski definition) is 3. The summed E-state index contributed by atoms with van der Waals surface area (Å²) < 4.78 is 0. The Morgan fingerprint density at radius 1 is 1.07 bits per heavy atom. The molecular formula is C12H15N3. The van der Waals surface area contributed by atoms with Crippen LogP contribution in [0.3, 0.4) is 0 Å². The van der Waals surface area contributed by atoms with Crippen LogP contribution in [0.25, 0.3) is 11.0 Å². The fourth-order valence-electron chi connectivity index (χ4n) is 1.57. The van der Waals surface area contributed by atoms with E-state index < -0.39 is 0 Å². The molecule has 3 nitrogen and oxygen atoms in total. The summed E-state index contributed by atoms with van der Waals surface area (Å²) in [5.74, 6) is 0. The molecule has 0 atom stereocenters. The summed E-state index contributed by atoms with van der Waals surface area (Å²) in [4.78, 5) is 8.91. The van der Waals surface area contributed by atoms with Gasteiger partial charge in [-0.15, -0.1) is 0 Å². The Balaban J connectivity index is 2.16. The number of unbranched alkanes of at least 4 members (excludes halogenated alkanes) is 1. The van der Waals surface area contributed by atoms with Gasteiger partial charge in [0.25, 0.3) is 0 Å². The molecule has 0 amide bonds. The average Bonchev–Trinajstić information content (AvgIpc) is 2.29. The highest BCUT2D eigenvalue weighted by atomic mass is 14.8. The minimum absolute atomic E-state index is 0.751. The Morgan fingerprint density at radius 3 is 2.67 bits per heavy atom. The standard InChI is InChI=1S/C12H15N3/c13-8-4-3-5-10-9-14-11-6-1-2-7-12(11)15-10/h1-2,6-7,9H,3-5,8,13H2. The molecule has 0 bridgehead atoms. The van der Waals surface area contributed by atoms with Gasteiger partial charge < -0.3 is 5.73 Å². The summed E-state index contributed by atoms with van der Waals surface area (Å²) in [6.07, 6.45) is 4.96. The van der Waals surface area contributed by atoms with Crippen molar-refractivity contribution in [1.29, 1.82) is 0 Å². The van der Waals surface area contributed by atoms with Crippen molar-refractivity contribution in [2.75, 3.05) is 6.54 Å². The molecule has 0 spiro atoms. The summed E-state index contributed by atoms with van der Waals surface area (Å²) >= 11 is 0. The topological polar surface area (TPSA) is 51.8 Å². The highest BCUT2D eigenvalue weighted by molar-refractivity contribution is 5.73. The zero-order valence-corrected chi connectivity index (χ0v) is 8.69. The molecule has 0 radical (unpaired) electrons. The van der Waals surface area contributed by atoms with Gasteiger partial charge in [-0.25, -0.2) is 4.98 Å². The van der Waals surface area contributed by atoms with Crippen molar-refractivity contribution < 1.29 is 0 Å². The maximum Gasteiger partial charge on any atom is 0.0890 e. The molecule has 15 heavy (non-hydrogen) atoms. The van der Waals surface area contributed by atoms with E-state index in [0.29, 0.717) is 0 Å². The second-order valence-corrected chi connectivity index (χ2v) is 3.60. The molecule has 1 aromatic carbocycles. The quantitative estimate of drug-likeness (QED) is 0.769. The third kappa shape index (κ3) is 2.50. The first-order valence-corrected chi connectivity index (χ1v) is 5.31. The molecule has 78 valence electrons. The molecule has 2 rings (SSSR count). The predicted molar refractivity (Wildman–Crippen MR) is 61.5 cm³/mol. The van der Waals surface area contributed by atoms with Gasteiger partial charge in [0, 0.05) is 6.20 Å². The highest BCUT2D eigenvalue weighted by Gasteiger charge is 1.98. The third-order valence-corrected chi connectivity index (χ3v) is 2.39. The molecule has 1 aromatic heterocycles. The minimum atomic E-state index is 0.751. The Bertz CT molecular complexity index is 440. The number of rotatable bonds is 4. The van der Waals surface area contributed by atoms with Crippen LogP contribution in [-0.2, 0) is 6.42 Å². The number of nitrogens with zero attached hydrogens (tertiary/aromatic N) is 2. The number of aromatic nitrogens is 2. The molecule has 2 aromatic rings. The van der Waals surface area contributed by atoms with E-state index in [0.717, 1.165) is 42.5 Å². The van der Waals surface area contributed by atoms with Gasteiger partial charge in [-0.1, -0.05) is 12.1 Å². The molecule has 0 saturated heterocycles. The molecule has 0 aliphatic heterocycles. The van der Waals surface area contributed by atoms with E-state index >= 15 is 0 Å².